The molecule has 0 spiro atoms. The second kappa shape index (κ2) is 8.18. The topological polar surface area (TPSA) is 75.7 Å². The van der Waals surface area contributed by atoms with Crippen LogP contribution in [0.2, 0.25) is 0 Å². The molecule has 0 heterocycles. The zero-order chi connectivity index (χ0) is 19.3. The monoisotopic (exact) mass is 380 g/mol. The van der Waals surface area contributed by atoms with Crippen molar-refractivity contribution in [2.45, 2.75) is 19.5 Å². The Morgan fingerprint density at radius 1 is 1.19 bits per heavy atom. The Balaban J connectivity index is 2.22. The Hall–Kier alpha value is -2.61. The summed E-state index contributed by atoms with van der Waals surface area (Å²) in [5.41, 5.74) is 0.572. The minimum Gasteiger partial charge on any atom is -0.496 e. The van der Waals surface area contributed by atoms with Gasteiger partial charge in [-0.1, -0.05) is 30.3 Å². The maximum Gasteiger partial charge on any atom is 0.243 e. The molecule has 0 bridgehead atoms. The average molecular weight is 380 g/mol. The number of hydrogen-bond donors (Lipinski definition) is 1. The highest BCUT2D eigenvalue weighted by Gasteiger charge is 2.30. The lowest BCUT2D eigenvalue weighted by Gasteiger charge is -2.28. The van der Waals surface area contributed by atoms with E-state index in [4.69, 9.17) is 4.74 Å². The van der Waals surface area contributed by atoms with Gasteiger partial charge < -0.3 is 10.1 Å². The third kappa shape index (κ3) is 4.51. The molecule has 0 aliphatic carbocycles. The largest absolute Gasteiger partial charge is 0.496 e. The lowest BCUT2D eigenvalue weighted by atomic mass is 10.2. The molecule has 0 aliphatic heterocycles. The van der Waals surface area contributed by atoms with Crippen molar-refractivity contribution in [1.82, 2.24) is 5.32 Å². The van der Waals surface area contributed by atoms with E-state index in [2.05, 4.69) is 5.32 Å². The Kier molecular flexibility index (Phi) is 6.20. The zero-order valence-corrected chi connectivity index (χ0v) is 15.6. The number of ether oxygens (including phenoxy) is 1. The van der Waals surface area contributed by atoms with Crippen molar-refractivity contribution in [2.24, 2.45) is 0 Å². The number of nitrogens with one attached hydrogen (secondary N) is 1. The minimum absolute atomic E-state index is 0.155. The molecule has 0 aliphatic rings. The molecule has 26 heavy (non-hydrogen) atoms. The van der Waals surface area contributed by atoms with Gasteiger partial charge in [0.15, 0.2) is 0 Å². The molecule has 0 aromatic heterocycles. The highest BCUT2D eigenvalue weighted by atomic mass is 32.2. The fourth-order valence-corrected chi connectivity index (χ4v) is 3.77. The van der Waals surface area contributed by atoms with Crippen LogP contribution >= 0.6 is 0 Å². The van der Waals surface area contributed by atoms with Crippen LogP contribution < -0.4 is 14.4 Å². The molecule has 6 nitrogen and oxygen atoms in total. The second-order valence-corrected chi connectivity index (χ2v) is 7.58. The molecule has 2 aromatic carbocycles. The summed E-state index contributed by atoms with van der Waals surface area (Å²) in [5.74, 6) is -0.665. The van der Waals surface area contributed by atoms with Crippen molar-refractivity contribution < 1.29 is 22.3 Å². The van der Waals surface area contributed by atoms with Gasteiger partial charge in [-0.25, -0.2) is 12.8 Å². The molecule has 0 saturated heterocycles. The summed E-state index contributed by atoms with van der Waals surface area (Å²) in [6.07, 6.45) is 0.934. The third-order valence-electron chi connectivity index (χ3n) is 3.82. The van der Waals surface area contributed by atoms with Crippen molar-refractivity contribution >= 4 is 21.6 Å². The highest BCUT2D eigenvalue weighted by molar-refractivity contribution is 7.92. The molecule has 140 valence electrons. The van der Waals surface area contributed by atoms with E-state index in [-0.39, 0.29) is 12.2 Å². The SMILES string of the molecule is COc1ccccc1CNC(=O)C(C)N(c1ccccc1F)S(C)(=O)=O. The Morgan fingerprint density at radius 2 is 1.81 bits per heavy atom. The van der Waals surface area contributed by atoms with Gasteiger partial charge in [-0.2, -0.15) is 0 Å². The van der Waals surface area contributed by atoms with Gasteiger partial charge >= 0.3 is 0 Å². The van der Waals surface area contributed by atoms with E-state index in [1.54, 1.807) is 24.3 Å². The van der Waals surface area contributed by atoms with Crippen molar-refractivity contribution in [1.29, 1.82) is 0 Å². The number of halogens is 1. The Labute approximate surface area is 152 Å². The first kappa shape index (κ1) is 19.7. The van der Waals surface area contributed by atoms with E-state index < -0.39 is 27.8 Å². The Morgan fingerprint density at radius 3 is 2.42 bits per heavy atom. The van der Waals surface area contributed by atoms with Gasteiger partial charge in [-0.15, -0.1) is 0 Å². The van der Waals surface area contributed by atoms with Gasteiger partial charge in [-0.3, -0.25) is 9.10 Å². The van der Waals surface area contributed by atoms with Crippen LogP contribution in [0.3, 0.4) is 0 Å². The lowest BCUT2D eigenvalue weighted by molar-refractivity contribution is -0.122. The summed E-state index contributed by atoms with van der Waals surface area (Å²) in [5, 5.41) is 2.67. The first-order chi connectivity index (χ1) is 12.3. The normalized spacial score (nSPS) is 12.3. The average Bonchev–Trinajstić information content (AvgIpc) is 2.60. The quantitative estimate of drug-likeness (QED) is 0.800. The summed E-state index contributed by atoms with van der Waals surface area (Å²) in [6, 6.07) is 11.4. The predicted molar refractivity (Wildman–Crippen MR) is 98.0 cm³/mol. The molecule has 1 unspecified atom stereocenters. The van der Waals surface area contributed by atoms with Crippen LogP contribution in [0.25, 0.3) is 0 Å². The van der Waals surface area contributed by atoms with E-state index in [0.29, 0.717) is 5.75 Å². The number of hydrogen-bond acceptors (Lipinski definition) is 4. The van der Waals surface area contributed by atoms with Crippen LogP contribution in [0.15, 0.2) is 48.5 Å². The highest BCUT2D eigenvalue weighted by Crippen LogP contribution is 2.24. The number of methoxy groups -OCH3 is 1. The summed E-state index contributed by atoms with van der Waals surface area (Å²) >= 11 is 0. The van der Waals surface area contributed by atoms with Gasteiger partial charge in [0, 0.05) is 12.1 Å². The van der Waals surface area contributed by atoms with Gasteiger partial charge in [0.1, 0.15) is 17.6 Å². The van der Waals surface area contributed by atoms with Crippen LogP contribution in [0, 0.1) is 5.82 Å². The number of amides is 1. The number of sulfonamides is 1. The first-order valence-corrected chi connectivity index (χ1v) is 9.74. The van der Waals surface area contributed by atoms with Crippen LogP contribution in [-0.4, -0.2) is 33.7 Å². The molecular weight excluding hydrogens is 359 g/mol. The fraction of sp³-hybridized carbons (Fsp3) is 0.278. The van der Waals surface area contributed by atoms with E-state index in [1.807, 2.05) is 0 Å². The van der Waals surface area contributed by atoms with E-state index in [9.17, 15) is 17.6 Å². The molecule has 8 heteroatoms. The second-order valence-electron chi connectivity index (χ2n) is 5.72. The van der Waals surface area contributed by atoms with Crippen LogP contribution in [0.1, 0.15) is 12.5 Å². The molecule has 2 aromatic rings. The van der Waals surface area contributed by atoms with Crippen molar-refractivity contribution in [2.75, 3.05) is 17.7 Å². The minimum atomic E-state index is -3.87. The number of carbonyl (C=O) groups excluding carboxylic acids is 1. The van der Waals surface area contributed by atoms with Crippen molar-refractivity contribution in [3.05, 3.63) is 59.9 Å². The van der Waals surface area contributed by atoms with Gasteiger partial charge in [0.2, 0.25) is 15.9 Å². The fourth-order valence-electron chi connectivity index (χ4n) is 2.59. The zero-order valence-electron chi connectivity index (χ0n) is 14.8. The van der Waals surface area contributed by atoms with Gasteiger partial charge in [0.05, 0.1) is 19.1 Å². The van der Waals surface area contributed by atoms with Gasteiger partial charge in [-0.05, 0) is 25.1 Å². The lowest BCUT2D eigenvalue weighted by Crippen LogP contribution is -2.48. The number of benzene rings is 2. The van der Waals surface area contributed by atoms with E-state index >= 15 is 0 Å². The van der Waals surface area contributed by atoms with Crippen molar-refractivity contribution in [3.63, 3.8) is 0 Å². The first-order valence-electron chi connectivity index (χ1n) is 7.89. The van der Waals surface area contributed by atoms with Crippen LogP contribution in [-0.2, 0) is 21.4 Å². The molecule has 0 radical (unpaired) electrons. The molecular formula is C18H21FN2O4S. The Bertz CT molecular complexity index is 886. The molecule has 1 amide bonds. The van der Waals surface area contributed by atoms with Gasteiger partial charge in [0.25, 0.3) is 0 Å². The number of rotatable bonds is 7. The predicted octanol–water partition coefficient (Wildman–Crippen LogP) is 2.31. The number of carbonyl (C=O) groups is 1. The summed E-state index contributed by atoms with van der Waals surface area (Å²) < 4.78 is 44.4. The third-order valence-corrected chi connectivity index (χ3v) is 5.05. The summed E-state index contributed by atoms with van der Waals surface area (Å²) in [7, 11) is -2.35. The maximum absolute atomic E-state index is 14.1. The summed E-state index contributed by atoms with van der Waals surface area (Å²) in [4.78, 5) is 12.5. The summed E-state index contributed by atoms with van der Waals surface area (Å²) in [6.45, 7) is 1.56. The molecule has 2 rings (SSSR count). The molecule has 1 N–H and O–H groups in total. The van der Waals surface area contributed by atoms with Crippen molar-refractivity contribution in [3.8, 4) is 5.75 Å². The number of anilines is 1. The maximum atomic E-state index is 14.1. The molecule has 0 saturated carbocycles. The van der Waals surface area contributed by atoms with Crippen LogP contribution in [0.5, 0.6) is 5.75 Å². The van der Waals surface area contributed by atoms with Crippen LogP contribution in [0.4, 0.5) is 10.1 Å². The standard InChI is InChI=1S/C18H21FN2O4S/c1-13(18(22)20-12-14-8-4-7-11-17(14)25-2)21(26(3,23)24)16-10-6-5-9-15(16)19/h4-11,13H,12H2,1-3H3,(H,20,22). The van der Waals surface area contributed by atoms with E-state index in [0.717, 1.165) is 22.2 Å². The van der Waals surface area contributed by atoms with E-state index in [1.165, 1.54) is 32.2 Å². The number of para-hydroxylation sites is 2. The number of nitrogens with zero attached hydrogens (tertiary/aromatic N) is 1. The smallest absolute Gasteiger partial charge is 0.243 e. The molecule has 0 fully saturated rings. The molecule has 1 atom stereocenters.